The lowest BCUT2D eigenvalue weighted by molar-refractivity contribution is -0.132. The number of likely N-dealkylation sites (N-methyl/N-ethyl adjacent to an activating group) is 1. The summed E-state index contributed by atoms with van der Waals surface area (Å²) in [5.74, 6) is -1.18. The van der Waals surface area contributed by atoms with Crippen molar-refractivity contribution in [3.63, 3.8) is 0 Å². The van der Waals surface area contributed by atoms with E-state index in [0.29, 0.717) is 19.4 Å². The molecule has 2 amide bonds. The number of carbonyl (C=O) groups excluding carboxylic acids is 2. The molecule has 1 aromatic carbocycles. The number of nitrogens with one attached hydrogen (secondary N) is 1. The van der Waals surface area contributed by atoms with Crippen LogP contribution in [0, 0.1) is 5.82 Å². The average Bonchev–Trinajstić information content (AvgIpc) is 3.16. The Morgan fingerprint density at radius 3 is 2.75 bits per heavy atom. The van der Waals surface area contributed by atoms with Gasteiger partial charge in [-0.2, -0.15) is 5.10 Å². The molecule has 2 heterocycles. The largest absolute Gasteiger partial charge is 0.357 e. The molecule has 1 saturated heterocycles. The van der Waals surface area contributed by atoms with Gasteiger partial charge in [-0.3, -0.25) is 14.3 Å². The molecule has 7 heteroatoms. The van der Waals surface area contributed by atoms with Crippen LogP contribution in [0.5, 0.6) is 0 Å². The van der Waals surface area contributed by atoms with E-state index in [-0.39, 0.29) is 18.0 Å². The van der Waals surface area contributed by atoms with Crippen molar-refractivity contribution in [2.45, 2.75) is 18.4 Å². The minimum atomic E-state index is -0.975. The van der Waals surface area contributed by atoms with Crippen molar-refractivity contribution in [3.05, 3.63) is 54.1 Å². The van der Waals surface area contributed by atoms with E-state index >= 15 is 0 Å². The van der Waals surface area contributed by atoms with Crippen molar-refractivity contribution in [2.24, 2.45) is 0 Å². The normalized spacial score (nSPS) is 20.7. The second kappa shape index (κ2) is 6.43. The molecule has 0 radical (unpaired) electrons. The minimum Gasteiger partial charge on any atom is -0.357 e. The van der Waals surface area contributed by atoms with Crippen LogP contribution < -0.4 is 5.32 Å². The SMILES string of the molecule is CNC(=O)C1(n2cccn2)CCCN(C(=O)c2ccccc2F)C1. The fraction of sp³-hybridized carbons (Fsp3) is 0.353. The van der Waals surface area contributed by atoms with Crippen molar-refractivity contribution >= 4 is 11.8 Å². The summed E-state index contributed by atoms with van der Waals surface area (Å²) in [5.41, 5.74) is -0.956. The van der Waals surface area contributed by atoms with Crippen LogP contribution in [0.4, 0.5) is 4.39 Å². The predicted octanol–water partition coefficient (Wildman–Crippen LogP) is 1.40. The van der Waals surface area contributed by atoms with Crippen molar-refractivity contribution < 1.29 is 14.0 Å². The van der Waals surface area contributed by atoms with Gasteiger partial charge < -0.3 is 10.2 Å². The Hall–Kier alpha value is -2.70. The van der Waals surface area contributed by atoms with Crippen LogP contribution in [0.1, 0.15) is 23.2 Å². The first-order chi connectivity index (χ1) is 11.6. The molecule has 1 aliphatic heterocycles. The molecule has 0 saturated carbocycles. The molecule has 0 bridgehead atoms. The Balaban J connectivity index is 1.94. The van der Waals surface area contributed by atoms with Gasteiger partial charge in [0, 0.05) is 26.0 Å². The van der Waals surface area contributed by atoms with Gasteiger partial charge in [-0.1, -0.05) is 12.1 Å². The summed E-state index contributed by atoms with van der Waals surface area (Å²) in [6, 6.07) is 7.63. The van der Waals surface area contributed by atoms with Crippen LogP contribution in [-0.4, -0.2) is 46.6 Å². The lowest BCUT2D eigenvalue weighted by Gasteiger charge is -2.41. The number of likely N-dealkylation sites (tertiary alicyclic amines) is 1. The van der Waals surface area contributed by atoms with E-state index in [9.17, 15) is 14.0 Å². The van der Waals surface area contributed by atoms with E-state index in [0.717, 1.165) is 0 Å². The molecule has 1 aromatic heterocycles. The molecular formula is C17H19FN4O2. The summed E-state index contributed by atoms with van der Waals surface area (Å²) in [6.45, 7) is 0.634. The van der Waals surface area contributed by atoms with Crippen LogP contribution in [-0.2, 0) is 10.3 Å². The number of amides is 2. The number of rotatable bonds is 3. The molecule has 0 aliphatic carbocycles. The Labute approximate surface area is 139 Å². The number of hydrogen-bond acceptors (Lipinski definition) is 3. The molecule has 24 heavy (non-hydrogen) atoms. The smallest absolute Gasteiger partial charge is 0.256 e. The standard InChI is InChI=1S/C17H19FN4O2/c1-19-16(24)17(22-11-5-9-20-22)8-4-10-21(12-17)15(23)13-6-2-3-7-14(13)18/h2-3,5-7,9,11H,4,8,10,12H2,1H3,(H,19,24). The van der Waals surface area contributed by atoms with Gasteiger partial charge in [0.25, 0.3) is 5.91 Å². The lowest BCUT2D eigenvalue weighted by Crippen LogP contribution is -2.59. The Kier molecular flexibility index (Phi) is 4.33. The highest BCUT2D eigenvalue weighted by molar-refractivity contribution is 5.95. The van der Waals surface area contributed by atoms with Gasteiger partial charge in [0.2, 0.25) is 5.91 Å². The van der Waals surface area contributed by atoms with Crippen molar-refractivity contribution in [2.75, 3.05) is 20.1 Å². The Bertz CT molecular complexity index is 747. The molecule has 0 spiro atoms. The number of piperidine rings is 1. The van der Waals surface area contributed by atoms with Crippen molar-refractivity contribution in [1.29, 1.82) is 0 Å². The van der Waals surface area contributed by atoms with E-state index in [1.54, 1.807) is 42.3 Å². The molecule has 3 rings (SSSR count). The molecule has 1 fully saturated rings. The van der Waals surface area contributed by atoms with Gasteiger partial charge >= 0.3 is 0 Å². The first-order valence-electron chi connectivity index (χ1n) is 7.84. The average molecular weight is 330 g/mol. The third kappa shape index (κ3) is 2.66. The molecular weight excluding hydrogens is 311 g/mol. The van der Waals surface area contributed by atoms with E-state index < -0.39 is 17.3 Å². The highest BCUT2D eigenvalue weighted by atomic mass is 19.1. The molecule has 1 unspecified atom stereocenters. The molecule has 2 aromatic rings. The fourth-order valence-electron chi connectivity index (χ4n) is 3.25. The maximum Gasteiger partial charge on any atom is 0.256 e. The summed E-state index contributed by atoms with van der Waals surface area (Å²) in [5, 5.41) is 6.87. The zero-order valence-electron chi connectivity index (χ0n) is 13.4. The number of halogens is 1. The van der Waals surface area contributed by atoms with Crippen LogP contribution in [0.25, 0.3) is 0 Å². The summed E-state index contributed by atoms with van der Waals surface area (Å²) in [4.78, 5) is 26.8. The number of aromatic nitrogens is 2. The lowest BCUT2D eigenvalue weighted by atomic mass is 9.87. The van der Waals surface area contributed by atoms with E-state index in [1.165, 1.54) is 17.0 Å². The second-order valence-corrected chi connectivity index (χ2v) is 5.87. The minimum absolute atomic E-state index is 0.0191. The number of hydrogen-bond donors (Lipinski definition) is 1. The van der Waals surface area contributed by atoms with Gasteiger partial charge in [0.05, 0.1) is 12.1 Å². The van der Waals surface area contributed by atoms with Crippen LogP contribution in [0.2, 0.25) is 0 Å². The first kappa shape index (κ1) is 16.2. The third-order valence-electron chi connectivity index (χ3n) is 4.45. The highest BCUT2D eigenvalue weighted by Crippen LogP contribution is 2.30. The van der Waals surface area contributed by atoms with Gasteiger partial charge in [-0.15, -0.1) is 0 Å². The molecule has 1 aliphatic rings. The Morgan fingerprint density at radius 1 is 1.29 bits per heavy atom. The molecule has 6 nitrogen and oxygen atoms in total. The topological polar surface area (TPSA) is 67.2 Å². The number of benzene rings is 1. The predicted molar refractivity (Wildman–Crippen MR) is 85.8 cm³/mol. The second-order valence-electron chi connectivity index (χ2n) is 5.87. The summed E-state index contributed by atoms with van der Waals surface area (Å²) in [7, 11) is 1.56. The van der Waals surface area contributed by atoms with Crippen LogP contribution in [0.3, 0.4) is 0 Å². The van der Waals surface area contributed by atoms with Gasteiger partial charge in [0.1, 0.15) is 5.82 Å². The van der Waals surface area contributed by atoms with E-state index in [4.69, 9.17) is 0 Å². The van der Waals surface area contributed by atoms with Gasteiger partial charge in [-0.05, 0) is 31.0 Å². The highest BCUT2D eigenvalue weighted by Gasteiger charge is 2.45. The maximum atomic E-state index is 13.9. The fourth-order valence-corrected chi connectivity index (χ4v) is 3.25. The summed E-state index contributed by atoms with van der Waals surface area (Å²) >= 11 is 0. The summed E-state index contributed by atoms with van der Waals surface area (Å²) < 4.78 is 15.5. The monoisotopic (exact) mass is 330 g/mol. The number of nitrogens with zero attached hydrogens (tertiary/aromatic N) is 3. The van der Waals surface area contributed by atoms with E-state index in [1.807, 2.05) is 0 Å². The first-order valence-corrected chi connectivity index (χ1v) is 7.84. The maximum absolute atomic E-state index is 13.9. The zero-order chi connectivity index (χ0) is 17.2. The third-order valence-corrected chi connectivity index (χ3v) is 4.45. The van der Waals surface area contributed by atoms with E-state index in [2.05, 4.69) is 10.4 Å². The van der Waals surface area contributed by atoms with Crippen LogP contribution in [0.15, 0.2) is 42.7 Å². The Morgan fingerprint density at radius 2 is 2.08 bits per heavy atom. The van der Waals surface area contributed by atoms with Crippen molar-refractivity contribution in [3.8, 4) is 0 Å². The van der Waals surface area contributed by atoms with Crippen LogP contribution >= 0.6 is 0 Å². The molecule has 126 valence electrons. The van der Waals surface area contributed by atoms with Crippen molar-refractivity contribution in [1.82, 2.24) is 20.0 Å². The quantitative estimate of drug-likeness (QED) is 0.925. The number of carbonyl (C=O) groups is 2. The molecule has 1 atom stereocenters. The molecule has 1 N–H and O–H groups in total. The zero-order valence-corrected chi connectivity index (χ0v) is 13.4. The summed E-state index contributed by atoms with van der Waals surface area (Å²) in [6.07, 6.45) is 4.51. The van der Waals surface area contributed by atoms with Gasteiger partial charge in [-0.25, -0.2) is 4.39 Å². The van der Waals surface area contributed by atoms with Gasteiger partial charge in [0.15, 0.2) is 5.54 Å².